The van der Waals surface area contributed by atoms with Gasteiger partial charge in [-0.05, 0) is 58.2 Å². The van der Waals surface area contributed by atoms with Gasteiger partial charge in [0.15, 0.2) is 0 Å². The van der Waals surface area contributed by atoms with Crippen LogP contribution in [-0.4, -0.2) is 42.3 Å². The second-order valence-electron chi connectivity index (χ2n) is 7.61. The van der Waals surface area contributed by atoms with Crippen molar-refractivity contribution >= 4 is 17.9 Å². The highest BCUT2D eigenvalue weighted by molar-refractivity contribution is 8.00. The summed E-state index contributed by atoms with van der Waals surface area (Å²) in [6.45, 7) is 17.1. The minimum atomic E-state index is -0.449. The quantitative estimate of drug-likeness (QED) is 0.619. The largest absolute Gasteiger partial charge is 0.444 e. The van der Waals surface area contributed by atoms with Crippen molar-refractivity contribution in [2.24, 2.45) is 11.8 Å². The highest BCUT2D eigenvalue weighted by Gasteiger charge is 2.25. The van der Waals surface area contributed by atoms with E-state index in [0.29, 0.717) is 23.1 Å². The van der Waals surface area contributed by atoms with Crippen molar-refractivity contribution in [3.63, 3.8) is 0 Å². The van der Waals surface area contributed by atoms with Crippen molar-refractivity contribution in [3.8, 4) is 0 Å². The number of thioether (sulfide) groups is 1. The van der Waals surface area contributed by atoms with Gasteiger partial charge in [-0.1, -0.05) is 27.7 Å². The molecule has 0 heterocycles. The summed E-state index contributed by atoms with van der Waals surface area (Å²) in [5, 5.41) is 6.52. The Morgan fingerprint density at radius 2 is 1.70 bits per heavy atom. The summed E-state index contributed by atoms with van der Waals surface area (Å²) in [7, 11) is 0. The molecule has 0 rings (SSSR count). The van der Waals surface area contributed by atoms with Gasteiger partial charge in [0.05, 0.1) is 0 Å². The topological polar surface area (TPSA) is 50.4 Å². The number of rotatable bonds is 10. The molecule has 0 aromatic rings. The SMILES string of the molecule is CCC(CC)(CNCC(CNC(=O)OC(C)(C)C)C(C)C)SC. The molecule has 0 saturated heterocycles. The maximum Gasteiger partial charge on any atom is 0.407 e. The number of hydrogen-bond donors (Lipinski definition) is 2. The van der Waals surface area contributed by atoms with Crippen LogP contribution in [0, 0.1) is 11.8 Å². The van der Waals surface area contributed by atoms with E-state index in [2.05, 4.69) is 44.6 Å². The van der Waals surface area contributed by atoms with Gasteiger partial charge < -0.3 is 15.4 Å². The first-order valence-corrected chi connectivity index (χ1v) is 10.0. The van der Waals surface area contributed by atoms with Crippen LogP contribution in [0.3, 0.4) is 0 Å². The molecular formula is C18H38N2O2S. The van der Waals surface area contributed by atoms with Crippen molar-refractivity contribution in [1.82, 2.24) is 10.6 Å². The van der Waals surface area contributed by atoms with E-state index in [4.69, 9.17) is 4.74 Å². The molecule has 0 spiro atoms. The van der Waals surface area contributed by atoms with E-state index in [1.54, 1.807) is 0 Å². The standard InChI is InChI=1S/C18H38N2O2S/c1-9-18(10-2,23-8)13-19-11-15(14(3)4)12-20-16(21)22-17(5,6)7/h14-15,19H,9-13H2,1-8H3,(H,20,21). The molecule has 1 atom stereocenters. The van der Waals surface area contributed by atoms with E-state index < -0.39 is 5.60 Å². The van der Waals surface area contributed by atoms with Crippen molar-refractivity contribution in [3.05, 3.63) is 0 Å². The maximum absolute atomic E-state index is 11.8. The Kier molecular flexibility index (Phi) is 10.3. The second kappa shape index (κ2) is 10.4. The molecule has 0 bridgehead atoms. The summed E-state index contributed by atoms with van der Waals surface area (Å²) in [4.78, 5) is 11.8. The number of nitrogens with one attached hydrogen (secondary N) is 2. The fourth-order valence-electron chi connectivity index (χ4n) is 2.42. The Morgan fingerprint density at radius 3 is 2.09 bits per heavy atom. The average Bonchev–Trinajstić information content (AvgIpc) is 2.45. The lowest BCUT2D eigenvalue weighted by Gasteiger charge is -2.31. The molecule has 1 unspecified atom stereocenters. The summed E-state index contributed by atoms with van der Waals surface area (Å²) in [6, 6.07) is 0. The predicted octanol–water partition coefficient (Wildman–Crippen LogP) is 4.29. The fourth-order valence-corrected chi connectivity index (χ4v) is 3.24. The zero-order chi connectivity index (χ0) is 18.1. The number of amides is 1. The first kappa shape index (κ1) is 22.6. The molecule has 0 aromatic heterocycles. The van der Waals surface area contributed by atoms with Gasteiger partial charge in [-0.25, -0.2) is 4.79 Å². The van der Waals surface area contributed by atoms with E-state index in [1.807, 2.05) is 32.5 Å². The van der Waals surface area contributed by atoms with Crippen molar-refractivity contribution in [2.45, 2.75) is 71.7 Å². The molecule has 0 saturated carbocycles. The molecule has 0 aliphatic rings. The summed E-state index contributed by atoms with van der Waals surface area (Å²) < 4.78 is 5.62. The molecule has 23 heavy (non-hydrogen) atoms. The number of carbonyl (C=O) groups is 1. The summed E-state index contributed by atoms with van der Waals surface area (Å²) in [5.41, 5.74) is -0.449. The van der Waals surface area contributed by atoms with Gasteiger partial charge in [-0.2, -0.15) is 11.8 Å². The molecule has 138 valence electrons. The lowest BCUT2D eigenvalue weighted by Crippen LogP contribution is -2.43. The molecule has 0 radical (unpaired) electrons. The summed E-state index contributed by atoms with van der Waals surface area (Å²) in [6.07, 6.45) is 4.20. The van der Waals surface area contributed by atoms with Crippen LogP contribution < -0.4 is 10.6 Å². The van der Waals surface area contributed by atoms with Gasteiger partial charge >= 0.3 is 6.09 Å². The summed E-state index contributed by atoms with van der Waals surface area (Å²) >= 11 is 1.95. The number of hydrogen-bond acceptors (Lipinski definition) is 4. The van der Waals surface area contributed by atoms with Crippen LogP contribution in [0.2, 0.25) is 0 Å². The van der Waals surface area contributed by atoms with Crippen molar-refractivity contribution in [2.75, 3.05) is 25.9 Å². The normalized spacial score (nSPS) is 14.0. The van der Waals surface area contributed by atoms with Crippen LogP contribution in [-0.2, 0) is 4.74 Å². The van der Waals surface area contributed by atoms with Gasteiger partial charge in [0.1, 0.15) is 5.60 Å². The Hall–Kier alpha value is -0.420. The zero-order valence-corrected chi connectivity index (χ0v) is 17.2. The van der Waals surface area contributed by atoms with Crippen LogP contribution in [0.4, 0.5) is 4.79 Å². The van der Waals surface area contributed by atoms with E-state index in [1.165, 1.54) is 12.8 Å². The first-order valence-electron chi connectivity index (χ1n) is 8.81. The predicted molar refractivity (Wildman–Crippen MR) is 102 cm³/mol. The van der Waals surface area contributed by atoms with Gasteiger partial charge in [0.25, 0.3) is 0 Å². The van der Waals surface area contributed by atoms with Crippen molar-refractivity contribution < 1.29 is 9.53 Å². The minimum Gasteiger partial charge on any atom is -0.444 e. The third-order valence-electron chi connectivity index (χ3n) is 4.43. The number of carbonyl (C=O) groups excluding carboxylic acids is 1. The van der Waals surface area contributed by atoms with Gasteiger partial charge in [0, 0.05) is 17.8 Å². The average molecular weight is 347 g/mol. The van der Waals surface area contributed by atoms with Crippen LogP contribution in [0.25, 0.3) is 0 Å². The molecule has 5 heteroatoms. The van der Waals surface area contributed by atoms with E-state index in [0.717, 1.165) is 13.1 Å². The van der Waals surface area contributed by atoms with Gasteiger partial charge in [-0.15, -0.1) is 0 Å². The number of alkyl carbamates (subject to hydrolysis) is 1. The smallest absolute Gasteiger partial charge is 0.407 e. The molecule has 1 amide bonds. The van der Waals surface area contributed by atoms with Crippen LogP contribution in [0.5, 0.6) is 0 Å². The molecule has 4 nitrogen and oxygen atoms in total. The Balaban J connectivity index is 4.35. The molecule has 0 aromatic carbocycles. The molecule has 0 aliphatic heterocycles. The number of ether oxygens (including phenoxy) is 1. The maximum atomic E-state index is 11.8. The first-order chi connectivity index (χ1) is 10.6. The van der Waals surface area contributed by atoms with Crippen molar-refractivity contribution in [1.29, 1.82) is 0 Å². The Morgan fingerprint density at radius 1 is 1.13 bits per heavy atom. The third kappa shape index (κ3) is 9.46. The lowest BCUT2D eigenvalue weighted by molar-refractivity contribution is 0.0515. The fraction of sp³-hybridized carbons (Fsp3) is 0.944. The Labute approximate surface area is 147 Å². The monoisotopic (exact) mass is 346 g/mol. The minimum absolute atomic E-state index is 0.320. The zero-order valence-electron chi connectivity index (χ0n) is 16.4. The second-order valence-corrected chi connectivity index (χ2v) is 8.89. The molecular weight excluding hydrogens is 308 g/mol. The van der Waals surface area contributed by atoms with Crippen LogP contribution >= 0.6 is 11.8 Å². The van der Waals surface area contributed by atoms with Crippen LogP contribution in [0.1, 0.15) is 61.3 Å². The van der Waals surface area contributed by atoms with E-state index in [9.17, 15) is 4.79 Å². The Bertz CT molecular complexity index is 328. The van der Waals surface area contributed by atoms with Gasteiger partial charge in [-0.3, -0.25) is 0 Å². The highest BCUT2D eigenvalue weighted by Crippen LogP contribution is 2.29. The highest BCUT2D eigenvalue weighted by atomic mass is 32.2. The van der Waals surface area contributed by atoms with E-state index >= 15 is 0 Å². The lowest BCUT2D eigenvalue weighted by atomic mass is 9.95. The third-order valence-corrected chi connectivity index (χ3v) is 6.01. The van der Waals surface area contributed by atoms with E-state index in [-0.39, 0.29) is 6.09 Å². The van der Waals surface area contributed by atoms with Gasteiger partial charge in [0.2, 0.25) is 0 Å². The summed E-state index contributed by atoms with van der Waals surface area (Å²) in [5.74, 6) is 0.903. The van der Waals surface area contributed by atoms with Crippen LogP contribution in [0.15, 0.2) is 0 Å². The molecule has 0 fully saturated rings. The molecule has 2 N–H and O–H groups in total. The molecule has 0 aliphatic carbocycles.